The number of ether oxygens (including phenoxy) is 1. The summed E-state index contributed by atoms with van der Waals surface area (Å²) in [6, 6.07) is 15.1. The number of rotatable bonds is 5. The Bertz CT molecular complexity index is 567. The minimum absolute atomic E-state index is 0.574. The molecule has 1 atom stereocenters. The van der Waals surface area contributed by atoms with Gasteiger partial charge in [-0.3, -0.25) is 4.21 Å². The van der Waals surface area contributed by atoms with Crippen molar-refractivity contribution in [3.63, 3.8) is 0 Å². The molecule has 2 aromatic carbocycles. The Morgan fingerprint density at radius 3 is 2.47 bits per heavy atom. The van der Waals surface area contributed by atoms with Crippen LogP contribution in [0.25, 0.3) is 0 Å². The number of methoxy groups -OCH3 is 1. The molecule has 0 aromatic heterocycles. The maximum absolute atomic E-state index is 12.3. The van der Waals surface area contributed by atoms with Crippen molar-refractivity contribution in [2.24, 2.45) is 0 Å². The van der Waals surface area contributed by atoms with E-state index in [9.17, 15) is 4.21 Å². The third kappa shape index (κ3) is 3.58. The van der Waals surface area contributed by atoms with E-state index in [4.69, 9.17) is 10.5 Å². The van der Waals surface area contributed by atoms with Crippen LogP contribution in [0.5, 0.6) is 5.75 Å². The van der Waals surface area contributed by atoms with Gasteiger partial charge >= 0.3 is 0 Å². The summed E-state index contributed by atoms with van der Waals surface area (Å²) in [6.07, 6.45) is 0.755. The van der Waals surface area contributed by atoms with Crippen LogP contribution in [-0.4, -0.2) is 17.1 Å². The number of anilines is 1. The standard InChI is InChI=1S/C15H17NO2S/c1-18-14-4-2-3-5-15(14)19(17)11-10-12-6-8-13(16)9-7-12/h2-9H,10-11,16H2,1H3. The zero-order chi connectivity index (χ0) is 13.7. The highest BCUT2D eigenvalue weighted by molar-refractivity contribution is 7.85. The summed E-state index contributed by atoms with van der Waals surface area (Å²) in [5.41, 5.74) is 7.52. The van der Waals surface area contributed by atoms with Crippen molar-refractivity contribution in [1.82, 2.24) is 0 Å². The van der Waals surface area contributed by atoms with Crippen LogP contribution >= 0.6 is 0 Å². The predicted octanol–water partition coefficient (Wildman–Crippen LogP) is 2.63. The van der Waals surface area contributed by atoms with Gasteiger partial charge in [-0.2, -0.15) is 0 Å². The summed E-state index contributed by atoms with van der Waals surface area (Å²) in [5, 5.41) is 0. The van der Waals surface area contributed by atoms with Crippen molar-refractivity contribution in [2.75, 3.05) is 18.6 Å². The van der Waals surface area contributed by atoms with Crippen LogP contribution in [0.4, 0.5) is 5.69 Å². The number of benzene rings is 2. The van der Waals surface area contributed by atoms with E-state index >= 15 is 0 Å². The maximum atomic E-state index is 12.3. The lowest BCUT2D eigenvalue weighted by atomic mass is 10.2. The maximum Gasteiger partial charge on any atom is 0.134 e. The molecule has 0 aliphatic rings. The van der Waals surface area contributed by atoms with Crippen molar-refractivity contribution >= 4 is 16.5 Å². The molecule has 0 fully saturated rings. The molecule has 0 aliphatic heterocycles. The number of nitrogen functional groups attached to an aromatic ring is 1. The van der Waals surface area contributed by atoms with Gasteiger partial charge < -0.3 is 10.5 Å². The zero-order valence-electron chi connectivity index (χ0n) is 10.8. The molecule has 0 spiro atoms. The van der Waals surface area contributed by atoms with Gasteiger partial charge in [-0.05, 0) is 36.2 Å². The van der Waals surface area contributed by atoms with Crippen LogP contribution in [0.2, 0.25) is 0 Å². The van der Waals surface area contributed by atoms with Crippen LogP contribution in [0.15, 0.2) is 53.4 Å². The molecule has 100 valence electrons. The molecule has 0 radical (unpaired) electrons. The van der Waals surface area contributed by atoms with Gasteiger partial charge in [0.05, 0.1) is 22.8 Å². The fourth-order valence-corrected chi connectivity index (χ4v) is 3.06. The molecular formula is C15H17NO2S. The third-order valence-corrected chi connectivity index (χ3v) is 4.27. The van der Waals surface area contributed by atoms with Gasteiger partial charge in [0, 0.05) is 11.4 Å². The quantitative estimate of drug-likeness (QED) is 0.853. The Kier molecular flexibility index (Phi) is 4.58. The van der Waals surface area contributed by atoms with Crippen LogP contribution in [0.1, 0.15) is 5.56 Å². The van der Waals surface area contributed by atoms with Crippen molar-refractivity contribution in [2.45, 2.75) is 11.3 Å². The minimum atomic E-state index is -1.06. The molecule has 0 bridgehead atoms. The summed E-state index contributed by atoms with van der Waals surface area (Å²) in [5.74, 6) is 1.25. The first kappa shape index (κ1) is 13.6. The van der Waals surface area contributed by atoms with E-state index in [0.717, 1.165) is 22.6 Å². The second kappa shape index (κ2) is 6.38. The van der Waals surface area contributed by atoms with Crippen molar-refractivity contribution in [3.05, 3.63) is 54.1 Å². The summed E-state index contributed by atoms with van der Waals surface area (Å²) in [6.45, 7) is 0. The average molecular weight is 275 g/mol. The smallest absolute Gasteiger partial charge is 0.134 e. The molecule has 0 saturated heterocycles. The van der Waals surface area contributed by atoms with E-state index < -0.39 is 10.8 Å². The second-order valence-electron chi connectivity index (χ2n) is 4.19. The number of para-hydroxylation sites is 1. The van der Waals surface area contributed by atoms with E-state index in [0.29, 0.717) is 11.5 Å². The summed E-state index contributed by atoms with van der Waals surface area (Å²) >= 11 is 0. The van der Waals surface area contributed by atoms with Crippen molar-refractivity contribution in [3.8, 4) is 5.75 Å². The lowest BCUT2D eigenvalue weighted by Crippen LogP contribution is -2.03. The largest absolute Gasteiger partial charge is 0.495 e. The summed E-state index contributed by atoms with van der Waals surface area (Å²) in [4.78, 5) is 0.750. The normalized spacial score (nSPS) is 12.1. The topological polar surface area (TPSA) is 52.3 Å². The molecular weight excluding hydrogens is 258 g/mol. The Balaban J connectivity index is 2.03. The molecule has 19 heavy (non-hydrogen) atoms. The Labute approximate surface area is 115 Å². The first-order valence-corrected chi connectivity index (χ1v) is 7.38. The van der Waals surface area contributed by atoms with Gasteiger partial charge in [0.1, 0.15) is 5.75 Å². The van der Waals surface area contributed by atoms with E-state index in [2.05, 4.69) is 0 Å². The van der Waals surface area contributed by atoms with Gasteiger partial charge in [0.25, 0.3) is 0 Å². The zero-order valence-corrected chi connectivity index (χ0v) is 11.7. The molecule has 0 saturated carbocycles. The molecule has 2 aromatic rings. The molecule has 4 heteroatoms. The highest BCUT2D eigenvalue weighted by Crippen LogP contribution is 2.21. The summed E-state index contributed by atoms with van der Waals surface area (Å²) in [7, 11) is 0.536. The van der Waals surface area contributed by atoms with E-state index in [-0.39, 0.29) is 0 Å². The fourth-order valence-electron chi connectivity index (χ4n) is 1.81. The number of hydrogen-bond acceptors (Lipinski definition) is 3. The second-order valence-corrected chi connectivity index (χ2v) is 5.73. The number of hydrogen-bond donors (Lipinski definition) is 1. The average Bonchev–Trinajstić information content (AvgIpc) is 2.46. The molecule has 2 N–H and O–H groups in total. The monoisotopic (exact) mass is 275 g/mol. The first-order chi connectivity index (χ1) is 9.20. The molecule has 3 nitrogen and oxygen atoms in total. The first-order valence-electron chi connectivity index (χ1n) is 6.06. The minimum Gasteiger partial charge on any atom is -0.495 e. The number of aryl methyl sites for hydroxylation is 1. The highest BCUT2D eigenvalue weighted by Gasteiger charge is 2.09. The van der Waals surface area contributed by atoms with Gasteiger partial charge in [-0.1, -0.05) is 24.3 Å². The van der Waals surface area contributed by atoms with Crippen LogP contribution in [0, 0.1) is 0 Å². The lowest BCUT2D eigenvalue weighted by molar-refractivity contribution is 0.404. The summed E-state index contributed by atoms with van der Waals surface area (Å²) < 4.78 is 17.5. The fraction of sp³-hybridized carbons (Fsp3) is 0.200. The van der Waals surface area contributed by atoms with Gasteiger partial charge in [0.2, 0.25) is 0 Å². The highest BCUT2D eigenvalue weighted by atomic mass is 32.2. The SMILES string of the molecule is COc1ccccc1S(=O)CCc1ccc(N)cc1. The van der Waals surface area contributed by atoms with Crippen LogP contribution < -0.4 is 10.5 Å². The van der Waals surface area contributed by atoms with Crippen molar-refractivity contribution < 1.29 is 8.95 Å². The van der Waals surface area contributed by atoms with Gasteiger partial charge in [0.15, 0.2) is 0 Å². The Morgan fingerprint density at radius 2 is 1.79 bits per heavy atom. The van der Waals surface area contributed by atoms with E-state index in [1.807, 2.05) is 48.5 Å². The van der Waals surface area contributed by atoms with Crippen LogP contribution in [0.3, 0.4) is 0 Å². The van der Waals surface area contributed by atoms with E-state index in [1.165, 1.54) is 0 Å². The van der Waals surface area contributed by atoms with E-state index in [1.54, 1.807) is 7.11 Å². The molecule has 0 amide bonds. The Morgan fingerprint density at radius 1 is 1.11 bits per heavy atom. The molecule has 0 heterocycles. The van der Waals surface area contributed by atoms with Gasteiger partial charge in [-0.25, -0.2) is 0 Å². The van der Waals surface area contributed by atoms with Gasteiger partial charge in [-0.15, -0.1) is 0 Å². The molecule has 2 rings (SSSR count). The number of nitrogens with two attached hydrogens (primary N) is 1. The lowest BCUT2D eigenvalue weighted by Gasteiger charge is -2.08. The predicted molar refractivity (Wildman–Crippen MR) is 78.8 cm³/mol. The molecule has 0 aliphatic carbocycles. The van der Waals surface area contributed by atoms with Crippen LogP contribution in [-0.2, 0) is 17.2 Å². The Hall–Kier alpha value is -1.81. The third-order valence-electron chi connectivity index (χ3n) is 2.87. The van der Waals surface area contributed by atoms with Crippen molar-refractivity contribution in [1.29, 1.82) is 0 Å². The molecule has 1 unspecified atom stereocenters.